The number of anilines is 1. The van der Waals surface area contributed by atoms with Crippen LogP contribution in [0.1, 0.15) is 29.9 Å². The molecule has 102 valence electrons. The van der Waals surface area contributed by atoms with Crippen molar-refractivity contribution in [1.82, 2.24) is 5.32 Å². The third kappa shape index (κ3) is 2.88. The number of rotatable bonds is 4. The molecule has 0 aliphatic rings. The van der Waals surface area contributed by atoms with Gasteiger partial charge in [-0.25, -0.2) is 0 Å². The van der Waals surface area contributed by atoms with E-state index in [1.165, 1.54) is 11.3 Å². The molecule has 2 rings (SSSR count). The monoisotopic (exact) mass is 278 g/mol. The number of hydrogen-bond acceptors (Lipinski definition) is 4. The third-order valence-electron chi connectivity index (χ3n) is 3.31. The number of nitrogens with two attached hydrogens (primary N) is 1. The van der Waals surface area contributed by atoms with Crippen LogP contribution < -0.4 is 11.1 Å². The van der Waals surface area contributed by atoms with Crippen molar-refractivity contribution in [3.63, 3.8) is 0 Å². The molecule has 1 atom stereocenters. The molecule has 1 amide bonds. The maximum absolute atomic E-state index is 12.2. The predicted octanol–water partition coefficient (Wildman–Crippen LogP) is 2.37. The summed E-state index contributed by atoms with van der Waals surface area (Å²) in [4.78, 5) is 12.8. The SMILES string of the molecule is CCC(C)(CO)NC(=O)c1cc2cc(N)ccc2s1. The maximum atomic E-state index is 12.2. The average Bonchev–Trinajstić information content (AvgIpc) is 2.81. The second-order valence-corrected chi connectivity index (χ2v) is 6.02. The van der Waals surface area contributed by atoms with Crippen molar-refractivity contribution in [2.75, 3.05) is 12.3 Å². The van der Waals surface area contributed by atoms with Gasteiger partial charge in [-0.15, -0.1) is 11.3 Å². The molecule has 1 aromatic carbocycles. The van der Waals surface area contributed by atoms with Crippen LogP contribution in [0.15, 0.2) is 24.3 Å². The minimum atomic E-state index is -0.577. The fourth-order valence-electron chi connectivity index (χ4n) is 1.75. The average molecular weight is 278 g/mol. The van der Waals surface area contributed by atoms with Crippen molar-refractivity contribution in [2.24, 2.45) is 0 Å². The Hall–Kier alpha value is -1.59. The molecule has 0 saturated carbocycles. The third-order valence-corrected chi connectivity index (χ3v) is 4.42. The van der Waals surface area contributed by atoms with Crippen molar-refractivity contribution in [3.05, 3.63) is 29.1 Å². The number of carbonyl (C=O) groups excluding carboxylic acids is 1. The van der Waals surface area contributed by atoms with Crippen LogP contribution in [-0.2, 0) is 0 Å². The van der Waals surface area contributed by atoms with Crippen molar-refractivity contribution in [3.8, 4) is 0 Å². The Balaban J connectivity index is 2.27. The minimum absolute atomic E-state index is 0.0763. The van der Waals surface area contributed by atoms with E-state index in [0.29, 0.717) is 17.0 Å². The van der Waals surface area contributed by atoms with E-state index in [0.717, 1.165) is 10.1 Å². The van der Waals surface area contributed by atoms with Gasteiger partial charge in [0.15, 0.2) is 0 Å². The molecular weight excluding hydrogens is 260 g/mol. The zero-order valence-corrected chi connectivity index (χ0v) is 11.9. The van der Waals surface area contributed by atoms with Gasteiger partial charge in [0.2, 0.25) is 0 Å². The molecule has 19 heavy (non-hydrogen) atoms. The number of aliphatic hydroxyl groups excluding tert-OH is 1. The van der Waals surface area contributed by atoms with Gasteiger partial charge in [-0.2, -0.15) is 0 Å². The zero-order valence-electron chi connectivity index (χ0n) is 11.1. The summed E-state index contributed by atoms with van der Waals surface area (Å²) in [6.45, 7) is 3.69. The summed E-state index contributed by atoms with van der Waals surface area (Å²) in [5.74, 6) is -0.154. The van der Waals surface area contributed by atoms with Crippen LogP contribution >= 0.6 is 11.3 Å². The molecule has 0 fully saturated rings. The van der Waals surface area contributed by atoms with Crippen LogP contribution in [-0.4, -0.2) is 23.2 Å². The number of fused-ring (bicyclic) bond motifs is 1. The topological polar surface area (TPSA) is 75.3 Å². The number of carbonyl (C=O) groups is 1. The first-order valence-electron chi connectivity index (χ1n) is 6.20. The summed E-state index contributed by atoms with van der Waals surface area (Å²) in [6.07, 6.45) is 0.674. The fraction of sp³-hybridized carbons (Fsp3) is 0.357. The highest BCUT2D eigenvalue weighted by Gasteiger charge is 2.24. The van der Waals surface area contributed by atoms with Gasteiger partial charge in [0.1, 0.15) is 0 Å². The van der Waals surface area contributed by atoms with Gasteiger partial charge < -0.3 is 16.2 Å². The molecule has 0 aliphatic heterocycles. The van der Waals surface area contributed by atoms with Crippen LogP contribution in [0.25, 0.3) is 10.1 Å². The van der Waals surface area contributed by atoms with Gasteiger partial charge >= 0.3 is 0 Å². The van der Waals surface area contributed by atoms with Gasteiger partial charge in [0.25, 0.3) is 5.91 Å². The summed E-state index contributed by atoms with van der Waals surface area (Å²) >= 11 is 1.43. The molecule has 0 spiro atoms. The molecular formula is C14H18N2O2S. The lowest BCUT2D eigenvalue weighted by Gasteiger charge is -2.26. The Morgan fingerprint density at radius 2 is 2.21 bits per heavy atom. The van der Waals surface area contributed by atoms with Crippen LogP contribution in [0.5, 0.6) is 0 Å². The molecule has 0 saturated heterocycles. The van der Waals surface area contributed by atoms with E-state index in [-0.39, 0.29) is 12.5 Å². The highest BCUT2D eigenvalue weighted by Crippen LogP contribution is 2.27. The number of amides is 1. The number of hydrogen-bond donors (Lipinski definition) is 3. The molecule has 4 N–H and O–H groups in total. The number of nitrogen functional groups attached to an aromatic ring is 1. The van der Waals surface area contributed by atoms with E-state index in [1.54, 1.807) is 0 Å². The number of thiophene rings is 1. The largest absolute Gasteiger partial charge is 0.399 e. The molecule has 0 aliphatic carbocycles. The number of aliphatic hydroxyl groups is 1. The van der Waals surface area contributed by atoms with E-state index < -0.39 is 5.54 Å². The van der Waals surface area contributed by atoms with Gasteiger partial charge in [-0.1, -0.05) is 6.92 Å². The smallest absolute Gasteiger partial charge is 0.261 e. The molecule has 1 aromatic heterocycles. The Morgan fingerprint density at radius 3 is 2.84 bits per heavy atom. The molecule has 2 aromatic rings. The Bertz CT molecular complexity index is 603. The van der Waals surface area contributed by atoms with Crippen LogP contribution in [0, 0.1) is 0 Å². The summed E-state index contributed by atoms with van der Waals surface area (Å²) < 4.78 is 1.03. The van der Waals surface area contributed by atoms with E-state index in [1.807, 2.05) is 38.1 Å². The highest BCUT2D eigenvalue weighted by atomic mass is 32.1. The normalized spacial score (nSPS) is 14.3. The Labute approximate surface area is 116 Å². The molecule has 1 unspecified atom stereocenters. The lowest BCUT2D eigenvalue weighted by atomic mass is 10.0. The summed E-state index contributed by atoms with van der Waals surface area (Å²) in [5.41, 5.74) is 5.83. The Morgan fingerprint density at radius 1 is 1.47 bits per heavy atom. The first-order chi connectivity index (χ1) is 8.97. The van der Waals surface area contributed by atoms with Gasteiger partial charge in [0.05, 0.1) is 17.0 Å². The molecule has 0 radical (unpaired) electrons. The van der Waals surface area contributed by atoms with Gasteiger partial charge in [-0.05, 0) is 43.0 Å². The van der Waals surface area contributed by atoms with Crippen LogP contribution in [0.3, 0.4) is 0 Å². The summed E-state index contributed by atoms with van der Waals surface area (Å²) in [7, 11) is 0. The summed E-state index contributed by atoms with van der Waals surface area (Å²) in [6, 6.07) is 7.42. The first kappa shape index (κ1) is 13.8. The van der Waals surface area contributed by atoms with E-state index in [9.17, 15) is 9.90 Å². The quantitative estimate of drug-likeness (QED) is 0.752. The van der Waals surface area contributed by atoms with Gasteiger partial charge in [0, 0.05) is 10.4 Å². The standard InChI is InChI=1S/C14H18N2O2S/c1-3-14(2,8-17)16-13(18)12-7-9-6-10(15)4-5-11(9)19-12/h4-7,17H,3,8,15H2,1-2H3,(H,16,18). The predicted molar refractivity (Wildman–Crippen MR) is 79.5 cm³/mol. The van der Waals surface area contributed by atoms with Crippen LogP contribution in [0.2, 0.25) is 0 Å². The lowest BCUT2D eigenvalue weighted by molar-refractivity contribution is 0.0851. The maximum Gasteiger partial charge on any atom is 0.261 e. The minimum Gasteiger partial charge on any atom is -0.399 e. The van der Waals surface area contributed by atoms with E-state index >= 15 is 0 Å². The number of nitrogens with one attached hydrogen (secondary N) is 1. The molecule has 5 heteroatoms. The van der Waals surface area contributed by atoms with Crippen LogP contribution in [0.4, 0.5) is 5.69 Å². The van der Waals surface area contributed by atoms with E-state index in [2.05, 4.69) is 5.32 Å². The van der Waals surface area contributed by atoms with Crippen molar-refractivity contribution in [1.29, 1.82) is 0 Å². The molecule has 0 bridgehead atoms. The second kappa shape index (κ2) is 5.19. The second-order valence-electron chi connectivity index (χ2n) is 4.93. The lowest BCUT2D eigenvalue weighted by Crippen LogP contribution is -2.48. The van der Waals surface area contributed by atoms with Crippen molar-refractivity contribution < 1.29 is 9.90 Å². The van der Waals surface area contributed by atoms with E-state index in [4.69, 9.17) is 5.73 Å². The van der Waals surface area contributed by atoms with Crippen molar-refractivity contribution in [2.45, 2.75) is 25.8 Å². The highest BCUT2D eigenvalue weighted by molar-refractivity contribution is 7.20. The summed E-state index contributed by atoms with van der Waals surface area (Å²) in [5, 5.41) is 13.2. The zero-order chi connectivity index (χ0) is 14.0. The first-order valence-corrected chi connectivity index (χ1v) is 7.01. The number of benzene rings is 1. The molecule has 4 nitrogen and oxygen atoms in total. The van der Waals surface area contributed by atoms with Crippen molar-refractivity contribution >= 4 is 33.0 Å². The fourth-order valence-corrected chi connectivity index (χ4v) is 2.69. The van der Waals surface area contributed by atoms with Gasteiger partial charge in [-0.3, -0.25) is 4.79 Å². The molecule has 1 heterocycles. The Kier molecular flexibility index (Phi) is 3.78.